The lowest BCUT2D eigenvalue weighted by Crippen LogP contribution is -2.44. The first kappa shape index (κ1) is 17.0. The van der Waals surface area contributed by atoms with Crippen LogP contribution in [0.1, 0.15) is 5.56 Å². The summed E-state index contributed by atoms with van der Waals surface area (Å²) in [4.78, 5) is 30.6. The molecule has 132 valence electrons. The highest BCUT2D eigenvalue weighted by atomic mass is 79.9. The van der Waals surface area contributed by atoms with E-state index in [1.807, 2.05) is 47.4 Å². The molecule has 0 N–H and O–H groups in total. The number of likely N-dealkylation sites (N-methyl/N-ethyl adjacent to an activating group) is 1. The van der Waals surface area contributed by atoms with Crippen molar-refractivity contribution >= 4 is 33.4 Å². The van der Waals surface area contributed by atoms with Crippen LogP contribution in [0.4, 0.5) is 5.69 Å². The van der Waals surface area contributed by atoms with Crippen LogP contribution < -0.4 is 4.90 Å². The van der Waals surface area contributed by atoms with Gasteiger partial charge in [-0.15, -0.1) is 0 Å². The van der Waals surface area contributed by atoms with Gasteiger partial charge in [-0.1, -0.05) is 52.3 Å². The zero-order chi connectivity index (χ0) is 18.3. The van der Waals surface area contributed by atoms with Crippen LogP contribution in [0.25, 0.3) is 0 Å². The zero-order valence-electron chi connectivity index (χ0n) is 14.4. The number of imide groups is 1. The molecule has 0 bridgehead atoms. The van der Waals surface area contributed by atoms with Crippen LogP contribution in [0.5, 0.6) is 0 Å². The van der Waals surface area contributed by atoms with E-state index in [1.54, 1.807) is 7.05 Å². The maximum atomic E-state index is 12.7. The highest BCUT2D eigenvalue weighted by Crippen LogP contribution is 2.33. The van der Waals surface area contributed by atoms with Crippen molar-refractivity contribution in [3.05, 3.63) is 75.9 Å². The van der Waals surface area contributed by atoms with Gasteiger partial charge in [-0.2, -0.15) is 0 Å². The summed E-state index contributed by atoms with van der Waals surface area (Å²) in [6, 6.07) is 17.9. The van der Waals surface area contributed by atoms with Crippen molar-refractivity contribution in [1.29, 1.82) is 0 Å². The molecule has 2 aromatic rings. The molecule has 0 saturated carbocycles. The third-order valence-corrected chi connectivity index (χ3v) is 5.21. The molecule has 0 unspecified atom stereocenters. The van der Waals surface area contributed by atoms with Crippen molar-refractivity contribution in [2.24, 2.45) is 0 Å². The van der Waals surface area contributed by atoms with Crippen molar-refractivity contribution in [2.45, 2.75) is 6.54 Å². The van der Waals surface area contributed by atoms with E-state index in [-0.39, 0.29) is 11.8 Å². The van der Waals surface area contributed by atoms with Gasteiger partial charge in [-0.3, -0.25) is 19.4 Å². The molecule has 0 saturated heterocycles. The lowest BCUT2D eigenvalue weighted by atomic mass is 10.1. The average Bonchev–Trinajstić information content (AvgIpc) is 2.86. The second kappa shape index (κ2) is 6.70. The first-order chi connectivity index (χ1) is 12.5. The van der Waals surface area contributed by atoms with Crippen LogP contribution in [-0.2, 0) is 16.1 Å². The van der Waals surface area contributed by atoms with Crippen LogP contribution in [0.3, 0.4) is 0 Å². The fourth-order valence-electron chi connectivity index (χ4n) is 3.45. The number of amides is 2. The van der Waals surface area contributed by atoms with Gasteiger partial charge in [0.25, 0.3) is 11.8 Å². The van der Waals surface area contributed by atoms with Crippen LogP contribution >= 0.6 is 15.9 Å². The first-order valence-electron chi connectivity index (χ1n) is 8.39. The Morgan fingerprint density at radius 2 is 1.77 bits per heavy atom. The van der Waals surface area contributed by atoms with Gasteiger partial charge in [0, 0.05) is 30.3 Å². The van der Waals surface area contributed by atoms with Gasteiger partial charge in [0.15, 0.2) is 0 Å². The minimum Gasteiger partial charge on any atom is -0.323 e. The molecule has 0 aliphatic carbocycles. The third-order valence-electron chi connectivity index (χ3n) is 4.72. The molecule has 0 radical (unpaired) electrons. The van der Waals surface area contributed by atoms with Crippen molar-refractivity contribution in [2.75, 3.05) is 25.2 Å². The van der Waals surface area contributed by atoms with Crippen LogP contribution in [0, 0.1) is 0 Å². The number of anilines is 1. The molecule has 4 rings (SSSR count). The number of hydrogen-bond donors (Lipinski definition) is 0. The summed E-state index contributed by atoms with van der Waals surface area (Å²) in [6.07, 6.45) is 0. The number of halogens is 1. The summed E-state index contributed by atoms with van der Waals surface area (Å²) < 4.78 is 0.933. The molecule has 5 nitrogen and oxygen atoms in total. The quantitative estimate of drug-likeness (QED) is 0.728. The van der Waals surface area contributed by atoms with Gasteiger partial charge in [-0.25, -0.2) is 0 Å². The summed E-state index contributed by atoms with van der Waals surface area (Å²) in [6.45, 7) is 1.74. The van der Waals surface area contributed by atoms with Crippen molar-refractivity contribution < 1.29 is 9.59 Å². The molecule has 6 heteroatoms. The predicted octanol–water partition coefficient (Wildman–Crippen LogP) is 2.98. The second-order valence-electron chi connectivity index (χ2n) is 6.52. The third kappa shape index (κ3) is 2.95. The Labute approximate surface area is 160 Å². The van der Waals surface area contributed by atoms with Crippen LogP contribution in [0.15, 0.2) is 70.3 Å². The Balaban J connectivity index is 1.72. The summed E-state index contributed by atoms with van der Waals surface area (Å²) in [5, 5.41) is 0. The van der Waals surface area contributed by atoms with E-state index in [2.05, 4.69) is 33.0 Å². The average molecular weight is 412 g/mol. The van der Waals surface area contributed by atoms with E-state index < -0.39 is 0 Å². The summed E-state index contributed by atoms with van der Waals surface area (Å²) in [7, 11) is 1.55. The molecule has 2 amide bonds. The van der Waals surface area contributed by atoms with Gasteiger partial charge >= 0.3 is 0 Å². The summed E-state index contributed by atoms with van der Waals surface area (Å²) in [5.74, 6) is -0.438. The van der Waals surface area contributed by atoms with Crippen molar-refractivity contribution in [3.8, 4) is 0 Å². The molecule has 0 atom stereocenters. The maximum Gasteiger partial charge on any atom is 0.277 e. The Morgan fingerprint density at radius 3 is 2.50 bits per heavy atom. The number of nitrogens with zero attached hydrogens (tertiary/aromatic N) is 3. The van der Waals surface area contributed by atoms with Gasteiger partial charge in [0.2, 0.25) is 0 Å². The Hall–Kier alpha value is -2.44. The van der Waals surface area contributed by atoms with Crippen LogP contribution in [-0.4, -0.2) is 41.9 Å². The van der Waals surface area contributed by atoms with Gasteiger partial charge in [-0.05, 0) is 23.8 Å². The maximum absolute atomic E-state index is 12.7. The predicted molar refractivity (Wildman–Crippen MR) is 103 cm³/mol. The van der Waals surface area contributed by atoms with E-state index in [4.69, 9.17) is 0 Å². The topological polar surface area (TPSA) is 43.9 Å². The summed E-state index contributed by atoms with van der Waals surface area (Å²) >= 11 is 3.49. The minimum atomic E-state index is -0.232. The molecule has 2 heterocycles. The van der Waals surface area contributed by atoms with E-state index in [0.29, 0.717) is 31.0 Å². The fourth-order valence-corrected chi connectivity index (χ4v) is 3.84. The number of carbonyl (C=O) groups is 2. The second-order valence-corrected chi connectivity index (χ2v) is 7.43. The number of benzene rings is 2. The molecular formula is C20H18BrN3O2. The van der Waals surface area contributed by atoms with Crippen molar-refractivity contribution in [1.82, 2.24) is 9.80 Å². The number of hydrogen-bond acceptors (Lipinski definition) is 4. The number of carbonyl (C=O) groups excluding carboxylic acids is 2. The standard InChI is InChI=1S/C20H18BrN3O2/c1-22-19(25)17-12-23(11-14-6-3-2-4-7-14)13-24(18(17)20(22)26)16-9-5-8-15(21)10-16/h2-10H,11-13H2,1H3. The fraction of sp³-hybridized carbons (Fsp3) is 0.200. The molecular weight excluding hydrogens is 394 g/mol. The van der Waals surface area contributed by atoms with Gasteiger partial charge in [0.05, 0.1) is 12.2 Å². The molecule has 0 aromatic heterocycles. The van der Waals surface area contributed by atoms with Crippen LogP contribution in [0.2, 0.25) is 0 Å². The Bertz CT molecular complexity index is 910. The zero-order valence-corrected chi connectivity index (χ0v) is 15.9. The first-order valence-corrected chi connectivity index (χ1v) is 9.19. The molecule has 2 aliphatic heterocycles. The Kier molecular flexibility index (Phi) is 4.38. The molecule has 0 fully saturated rings. The highest BCUT2D eigenvalue weighted by molar-refractivity contribution is 9.10. The number of rotatable bonds is 3. The monoisotopic (exact) mass is 411 g/mol. The largest absolute Gasteiger partial charge is 0.323 e. The van der Waals surface area contributed by atoms with E-state index in [1.165, 1.54) is 10.5 Å². The molecule has 2 aliphatic rings. The molecule has 26 heavy (non-hydrogen) atoms. The van der Waals surface area contributed by atoms with E-state index >= 15 is 0 Å². The highest BCUT2D eigenvalue weighted by Gasteiger charge is 2.42. The molecule has 0 spiro atoms. The van der Waals surface area contributed by atoms with Crippen molar-refractivity contribution in [3.63, 3.8) is 0 Å². The smallest absolute Gasteiger partial charge is 0.277 e. The SMILES string of the molecule is CN1C(=O)C2=C(C1=O)N(c1cccc(Br)c1)CN(Cc1ccccc1)C2. The minimum absolute atomic E-state index is 0.206. The van der Waals surface area contributed by atoms with Gasteiger partial charge in [0.1, 0.15) is 5.70 Å². The molecule has 2 aromatic carbocycles. The normalized spacial score (nSPS) is 17.9. The van der Waals surface area contributed by atoms with Gasteiger partial charge < -0.3 is 4.90 Å². The van der Waals surface area contributed by atoms with E-state index in [9.17, 15) is 9.59 Å². The lowest BCUT2D eigenvalue weighted by Gasteiger charge is -2.36. The summed E-state index contributed by atoms with van der Waals surface area (Å²) in [5.41, 5.74) is 3.14. The van der Waals surface area contributed by atoms with E-state index in [0.717, 1.165) is 10.2 Å². The Morgan fingerprint density at radius 1 is 1.00 bits per heavy atom. The lowest BCUT2D eigenvalue weighted by molar-refractivity contribution is -0.135.